The summed E-state index contributed by atoms with van der Waals surface area (Å²) in [6.07, 6.45) is -0.771. The maximum Gasteiger partial charge on any atom is 0.315 e. The number of aliphatic hydroxyl groups is 1. The molecule has 0 saturated carbocycles. The highest BCUT2D eigenvalue weighted by Crippen LogP contribution is 2.43. The number of urea groups is 1. The van der Waals surface area contributed by atoms with E-state index in [9.17, 15) is 9.90 Å². The first kappa shape index (κ1) is 26.6. The lowest BCUT2D eigenvalue weighted by Crippen LogP contribution is -2.38. The summed E-state index contributed by atoms with van der Waals surface area (Å²) in [5.41, 5.74) is 3.83. The Kier molecular flexibility index (Phi) is 9.33. The Labute approximate surface area is 219 Å². The van der Waals surface area contributed by atoms with E-state index in [1.807, 2.05) is 62.4 Å². The van der Waals surface area contributed by atoms with Crippen molar-refractivity contribution < 1.29 is 19.4 Å². The van der Waals surface area contributed by atoms with E-state index < -0.39 is 6.29 Å². The number of hydrogen-bond donors (Lipinski definition) is 3. The van der Waals surface area contributed by atoms with Crippen LogP contribution in [0.25, 0.3) is 0 Å². The second-order valence-electron chi connectivity index (χ2n) is 8.67. The van der Waals surface area contributed by atoms with Crippen LogP contribution in [0.5, 0.6) is 0 Å². The number of amides is 2. The van der Waals surface area contributed by atoms with E-state index in [1.165, 1.54) is 0 Å². The third kappa shape index (κ3) is 6.83. The van der Waals surface area contributed by atoms with Crippen molar-refractivity contribution in [3.63, 3.8) is 0 Å². The quantitative estimate of drug-likeness (QED) is 0.345. The van der Waals surface area contributed by atoms with Gasteiger partial charge >= 0.3 is 6.03 Å². The summed E-state index contributed by atoms with van der Waals surface area (Å²) in [5.74, 6) is 0.832. The highest BCUT2D eigenvalue weighted by Gasteiger charge is 2.38. The summed E-state index contributed by atoms with van der Waals surface area (Å²) < 4.78 is 13.9. The molecule has 192 valence electrons. The van der Waals surface area contributed by atoms with Gasteiger partial charge in [-0.1, -0.05) is 78.6 Å². The summed E-state index contributed by atoms with van der Waals surface area (Å²) in [4.78, 5) is 11.7. The van der Waals surface area contributed by atoms with Crippen molar-refractivity contribution in [3.8, 4) is 0 Å². The van der Waals surface area contributed by atoms with Crippen molar-refractivity contribution in [1.29, 1.82) is 0 Å². The van der Waals surface area contributed by atoms with Crippen molar-refractivity contribution >= 4 is 29.1 Å². The minimum Gasteiger partial charge on any atom is -0.392 e. The van der Waals surface area contributed by atoms with Gasteiger partial charge < -0.3 is 25.2 Å². The normalized spacial score (nSPS) is 21.8. The van der Waals surface area contributed by atoms with Gasteiger partial charge in [-0.3, -0.25) is 0 Å². The lowest BCUT2D eigenvalue weighted by Gasteiger charge is -2.41. The van der Waals surface area contributed by atoms with Gasteiger partial charge in [0.2, 0.25) is 0 Å². The zero-order valence-electron chi connectivity index (χ0n) is 20.6. The molecule has 2 amide bonds. The minimum absolute atomic E-state index is 0.00886. The Hall–Kier alpha value is -2.50. The smallest absolute Gasteiger partial charge is 0.315 e. The molecule has 1 aromatic heterocycles. The minimum atomic E-state index is -0.532. The number of aromatic nitrogens is 2. The zero-order valence-corrected chi connectivity index (χ0v) is 22.3. The average molecular weight is 529 g/mol. The summed E-state index contributed by atoms with van der Waals surface area (Å²) in [6.45, 7) is 7.01. The second-order valence-corrected chi connectivity index (χ2v) is 11.1. The van der Waals surface area contributed by atoms with Crippen LogP contribution in [0.3, 0.4) is 0 Å². The standard InChI is InChI=1S/C26H32N4O4S2/c1-4-27-25(32)28-13-18-5-11-21(12-6-18)24-33-22(15-35-26-30-29-17(3)36-26)16(2)23(34-24)20-9-7-19(14-31)8-10-20/h5-12,16,22-24,31H,4,13-15H2,1-3H3,(H2,27,28,32)/t16-,22+,23+,24?/m0/s1. The van der Waals surface area contributed by atoms with Gasteiger partial charge in [-0.2, -0.15) is 0 Å². The van der Waals surface area contributed by atoms with Crippen LogP contribution in [0.15, 0.2) is 52.9 Å². The first-order chi connectivity index (χ1) is 17.5. The van der Waals surface area contributed by atoms with Gasteiger partial charge in [-0.15, -0.1) is 10.2 Å². The zero-order chi connectivity index (χ0) is 25.5. The lowest BCUT2D eigenvalue weighted by atomic mass is 9.91. The van der Waals surface area contributed by atoms with E-state index in [2.05, 4.69) is 27.8 Å². The topological polar surface area (TPSA) is 106 Å². The molecule has 8 nitrogen and oxygen atoms in total. The van der Waals surface area contributed by atoms with Crippen LogP contribution in [-0.2, 0) is 22.6 Å². The highest BCUT2D eigenvalue weighted by molar-refractivity contribution is 8.01. The fourth-order valence-corrected chi connectivity index (χ4v) is 6.00. The van der Waals surface area contributed by atoms with Crippen LogP contribution in [0.2, 0.25) is 0 Å². The van der Waals surface area contributed by atoms with Gasteiger partial charge in [0.05, 0.1) is 18.8 Å². The van der Waals surface area contributed by atoms with E-state index in [0.717, 1.165) is 37.4 Å². The number of nitrogens with one attached hydrogen (secondary N) is 2. The van der Waals surface area contributed by atoms with Crippen molar-refractivity contribution in [2.45, 2.75) is 56.8 Å². The first-order valence-corrected chi connectivity index (χ1v) is 13.8. The number of nitrogens with zero attached hydrogens (tertiary/aromatic N) is 2. The van der Waals surface area contributed by atoms with Crippen molar-refractivity contribution in [1.82, 2.24) is 20.8 Å². The van der Waals surface area contributed by atoms with Crippen LogP contribution < -0.4 is 10.6 Å². The Balaban J connectivity index is 1.50. The SMILES string of the molecule is CCNC(=O)NCc1ccc(C2O[C@H](CSc3nnc(C)s3)[C@H](C)[C@H](c3ccc(CO)cc3)O2)cc1. The van der Waals surface area contributed by atoms with Gasteiger partial charge in [0.1, 0.15) is 5.01 Å². The largest absolute Gasteiger partial charge is 0.392 e. The Morgan fingerprint density at radius 1 is 1.03 bits per heavy atom. The molecule has 1 unspecified atom stereocenters. The van der Waals surface area contributed by atoms with Gasteiger partial charge in [0.15, 0.2) is 10.6 Å². The molecule has 1 fully saturated rings. The fraction of sp³-hybridized carbons (Fsp3) is 0.423. The number of ether oxygens (including phenoxy) is 2. The number of carbonyl (C=O) groups is 1. The van der Waals surface area contributed by atoms with Gasteiger partial charge in [0.25, 0.3) is 0 Å². The number of rotatable bonds is 9. The molecule has 1 aliphatic rings. The molecule has 3 N–H and O–H groups in total. The lowest BCUT2D eigenvalue weighted by molar-refractivity contribution is -0.268. The number of hydrogen-bond acceptors (Lipinski definition) is 8. The molecule has 0 spiro atoms. The molecule has 0 aliphatic carbocycles. The van der Waals surface area contributed by atoms with E-state index in [1.54, 1.807) is 23.1 Å². The molecule has 0 bridgehead atoms. The van der Waals surface area contributed by atoms with Crippen LogP contribution in [0.4, 0.5) is 4.79 Å². The van der Waals surface area contributed by atoms with Gasteiger partial charge in [0, 0.05) is 30.3 Å². The Morgan fingerprint density at radius 2 is 1.72 bits per heavy atom. The predicted octanol–water partition coefficient (Wildman–Crippen LogP) is 4.74. The molecule has 1 saturated heterocycles. The Morgan fingerprint density at radius 3 is 2.36 bits per heavy atom. The van der Waals surface area contributed by atoms with Crippen molar-refractivity contribution in [2.75, 3.05) is 12.3 Å². The van der Waals surface area contributed by atoms with Crippen LogP contribution in [-0.4, -0.2) is 39.7 Å². The molecule has 10 heteroatoms. The fourth-order valence-electron chi connectivity index (χ4n) is 4.00. The van der Waals surface area contributed by atoms with Crippen LogP contribution >= 0.6 is 23.1 Å². The number of thioether (sulfide) groups is 1. The number of aliphatic hydroxyl groups excluding tert-OH is 1. The van der Waals surface area contributed by atoms with E-state index >= 15 is 0 Å². The molecule has 36 heavy (non-hydrogen) atoms. The van der Waals surface area contributed by atoms with Crippen molar-refractivity contribution in [2.24, 2.45) is 5.92 Å². The maximum absolute atomic E-state index is 11.7. The summed E-state index contributed by atoms with van der Waals surface area (Å²) in [6, 6.07) is 15.6. The van der Waals surface area contributed by atoms with E-state index in [0.29, 0.717) is 13.1 Å². The van der Waals surface area contributed by atoms with E-state index in [4.69, 9.17) is 9.47 Å². The molecule has 0 radical (unpaired) electrons. The second kappa shape index (κ2) is 12.6. The van der Waals surface area contributed by atoms with E-state index in [-0.39, 0.29) is 30.8 Å². The van der Waals surface area contributed by atoms with Gasteiger partial charge in [-0.05, 0) is 30.5 Å². The third-order valence-corrected chi connectivity index (χ3v) is 8.10. The molecular formula is C26H32N4O4S2. The average Bonchev–Trinajstić information content (AvgIpc) is 3.32. The molecule has 2 aromatic carbocycles. The maximum atomic E-state index is 11.7. The molecule has 3 aromatic rings. The first-order valence-electron chi connectivity index (χ1n) is 12.0. The molecule has 4 atom stereocenters. The summed E-state index contributed by atoms with van der Waals surface area (Å²) >= 11 is 3.24. The van der Waals surface area contributed by atoms with Crippen LogP contribution in [0, 0.1) is 12.8 Å². The van der Waals surface area contributed by atoms with Gasteiger partial charge in [-0.25, -0.2) is 4.79 Å². The highest BCUT2D eigenvalue weighted by atomic mass is 32.2. The number of benzene rings is 2. The summed E-state index contributed by atoms with van der Waals surface area (Å²) in [7, 11) is 0. The molecule has 2 heterocycles. The third-order valence-electron chi connectivity index (χ3n) is 6.04. The number of aryl methyl sites for hydroxylation is 1. The molecular weight excluding hydrogens is 496 g/mol. The monoisotopic (exact) mass is 528 g/mol. The summed E-state index contributed by atoms with van der Waals surface area (Å²) in [5, 5.41) is 24.3. The predicted molar refractivity (Wildman–Crippen MR) is 141 cm³/mol. The van der Waals surface area contributed by atoms with Crippen LogP contribution in [0.1, 0.15) is 53.5 Å². The Bertz CT molecular complexity index is 1120. The number of carbonyl (C=O) groups excluding carboxylic acids is 1. The molecule has 1 aliphatic heterocycles. The molecule has 4 rings (SSSR count). The van der Waals surface area contributed by atoms with Crippen molar-refractivity contribution in [3.05, 3.63) is 75.8 Å².